The Morgan fingerprint density at radius 1 is 1.53 bits per heavy atom. The van der Waals surface area contributed by atoms with Crippen molar-refractivity contribution >= 4 is 12.4 Å². The van der Waals surface area contributed by atoms with E-state index in [4.69, 9.17) is 0 Å². The maximum atomic E-state index is 12.1. The third-order valence-corrected chi connectivity index (χ3v) is 5.06. The number of carbonyl (C=O) groups excluding carboxylic acids is 1. The van der Waals surface area contributed by atoms with Crippen molar-refractivity contribution in [3.8, 4) is 0 Å². The van der Waals surface area contributed by atoms with E-state index in [0.29, 0.717) is 12.6 Å². The fourth-order valence-electron chi connectivity index (χ4n) is 4.10. The summed E-state index contributed by atoms with van der Waals surface area (Å²) in [5.41, 5.74) is 0. The van der Waals surface area contributed by atoms with Gasteiger partial charge in [-0.2, -0.15) is 0 Å². The van der Waals surface area contributed by atoms with Crippen molar-refractivity contribution in [3.63, 3.8) is 0 Å². The van der Waals surface area contributed by atoms with Gasteiger partial charge >= 0.3 is 6.48 Å². The Labute approximate surface area is 102 Å². The molecular weight excluding hydrogens is 217 g/mol. The molecule has 3 rings (SSSR count). The molecule has 0 aliphatic carbocycles. The topological polar surface area (TPSA) is 57.0 Å². The molecule has 3 aliphatic rings. The Morgan fingerprint density at radius 2 is 2.35 bits per heavy atom. The lowest BCUT2D eigenvalue weighted by Gasteiger charge is -2.53. The summed E-state index contributed by atoms with van der Waals surface area (Å²) in [5, 5.41) is 14.2. The second-order valence-corrected chi connectivity index (χ2v) is 6.06. The smallest absolute Gasteiger partial charge is 0.350 e. The highest BCUT2D eigenvalue weighted by molar-refractivity contribution is 6.65. The highest BCUT2D eigenvalue weighted by atomic mass is 16.2. The Balaban J connectivity index is 1.86. The second kappa shape index (κ2) is 3.97. The van der Waals surface area contributed by atoms with Gasteiger partial charge in [-0.05, 0) is 12.4 Å². The molecular formula is C11H22BN3O2. The number of amides is 1. The van der Waals surface area contributed by atoms with E-state index in [1.165, 1.54) is 0 Å². The van der Waals surface area contributed by atoms with Crippen LogP contribution in [0.4, 0.5) is 0 Å². The van der Waals surface area contributed by atoms with Crippen LogP contribution in [0.2, 0.25) is 6.82 Å². The van der Waals surface area contributed by atoms with Crippen LogP contribution in [0.5, 0.6) is 0 Å². The summed E-state index contributed by atoms with van der Waals surface area (Å²) in [6.07, 6.45) is 3.10. The van der Waals surface area contributed by atoms with Gasteiger partial charge in [-0.3, -0.25) is 4.79 Å². The number of fused-ring (bicyclic) bond motifs is 1. The first-order valence-corrected chi connectivity index (χ1v) is 6.89. The van der Waals surface area contributed by atoms with Crippen molar-refractivity contribution < 1.29 is 14.6 Å². The third kappa shape index (κ3) is 1.70. The van der Waals surface area contributed by atoms with E-state index in [1.807, 2.05) is 11.7 Å². The van der Waals surface area contributed by atoms with E-state index in [0.717, 1.165) is 43.7 Å². The molecule has 0 aromatic heterocycles. The van der Waals surface area contributed by atoms with Crippen molar-refractivity contribution in [1.82, 2.24) is 10.2 Å². The average Bonchev–Trinajstić information content (AvgIpc) is 2.93. The van der Waals surface area contributed by atoms with E-state index in [2.05, 4.69) is 5.32 Å². The summed E-state index contributed by atoms with van der Waals surface area (Å²) in [4.78, 5) is 15.2. The first-order valence-electron chi connectivity index (χ1n) is 6.89. The van der Waals surface area contributed by atoms with Crippen molar-refractivity contribution in [2.75, 3.05) is 26.2 Å². The predicted octanol–water partition coefficient (Wildman–Crippen LogP) is -2.16. The van der Waals surface area contributed by atoms with Crippen molar-refractivity contribution in [1.29, 1.82) is 0 Å². The summed E-state index contributed by atoms with van der Waals surface area (Å²) < 4.78 is 0. The molecule has 96 valence electrons. The summed E-state index contributed by atoms with van der Waals surface area (Å²) in [7, 11) is 0. The van der Waals surface area contributed by atoms with E-state index in [-0.39, 0.29) is 11.8 Å². The number of quaternary nitrogens is 1. The van der Waals surface area contributed by atoms with Gasteiger partial charge in [0.25, 0.3) is 5.91 Å². The molecule has 6 heteroatoms. The minimum Gasteiger partial charge on any atom is -0.553 e. The first kappa shape index (κ1) is 11.5. The van der Waals surface area contributed by atoms with Gasteiger partial charge in [0.1, 0.15) is 6.54 Å². The lowest BCUT2D eigenvalue weighted by atomic mass is 9.44. The molecule has 17 heavy (non-hydrogen) atoms. The molecule has 4 atom stereocenters. The molecule has 0 aromatic rings. The maximum absolute atomic E-state index is 12.1. The van der Waals surface area contributed by atoms with Crippen molar-refractivity contribution in [2.24, 2.45) is 0 Å². The van der Waals surface area contributed by atoms with Gasteiger partial charge in [-0.1, -0.05) is 6.42 Å². The number of nitrogens with one attached hydrogen (secondary N) is 2. The van der Waals surface area contributed by atoms with E-state index in [9.17, 15) is 9.82 Å². The highest BCUT2D eigenvalue weighted by Crippen LogP contribution is 2.24. The molecule has 0 saturated carbocycles. The predicted molar refractivity (Wildman–Crippen MR) is 65.7 cm³/mol. The van der Waals surface area contributed by atoms with Gasteiger partial charge in [0.2, 0.25) is 0 Å². The normalized spacial score (nSPS) is 46.4. The van der Waals surface area contributed by atoms with Crippen LogP contribution in [0.25, 0.3) is 0 Å². The molecule has 5 nitrogen and oxygen atoms in total. The van der Waals surface area contributed by atoms with Gasteiger partial charge in [-0.15, -0.1) is 6.82 Å². The molecule has 0 bridgehead atoms. The standard InChI is InChI=1S/C11H22BN3O2/c1-12(17)10-3-2-6-14(10)11(16)8-15(12)9-4-5-13-7-9/h9-10,13,15,17H,2-8H2,1H3/t9-,10+,12?/m1/s1. The van der Waals surface area contributed by atoms with Gasteiger partial charge < -0.3 is 20.1 Å². The zero-order valence-electron chi connectivity index (χ0n) is 10.5. The molecule has 1 amide bonds. The number of rotatable bonds is 1. The molecule has 3 fully saturated rings. The lowest BCUT2D eigenvalue weighted by molar-refractivity contribution is -0.827. The number of carbonyl (C=O) groups is 1. The molecule has 0 radical (unpaired) electrons. The quantitative estimate of drug-likeness (QED) is 0.457. The van der Waals surface area contributed by atoms with Crippen LogP contribution in [0.15, 0.2) is 0 Å². The van der Waals surface area contributed by atoms with Gasteiger partial charge in [0.05, 0.1) is 6.04 Å². The van der Waals surface area contributed by atoms with Crippen LogP contribution in [0.3, 0.4) is 0 Å². The van der Waals surface area contributed by atoms with Gasteiger partial charge in [0.15, 0.2) is 0 Å². The fourth-order valence-corrected chi connectivity index (χ4v) is 4.10. The van der Waals surface area contributed by atoms with Crippen LogP contribution in [-0.2, 0) is 4.79 Å². The largest absolute Gasteiger partial charge is 0.553 e. The second-order valence-electron chi connectivity index (χ2n) is 6.06. The van der Waals surface area contributed by atoms with Gasteiger partial charge in [-0.25, -0.2) is 0 Å². The van der Waals surface area contributed by atoms with Crippen molar-refractivity contribution in [3.05, 3.63) is 0 Å². The molecule has 3 heterocycles. The van der Waals surface area contributed by atoms with Crippen LogP contribution >= 0.6 is 0 Å². The Hall–Kier alpha value is -0.585. The molecule has 2 unspecified atom stereocenters. The molecule has 0 aromatic carbocycles. The molecule has 3 N–H and O–H groups in total. The zero-order valence-corrected chi connectivity index (χ0v) is 10.5. The van der Waals surface area contributed by atoms with E-state index >= 15 is 0 Å². The van der Waals surface area contributed by atoms with Crippen LogP contribution in [0, 0.1) is 0 Å². The summed E-state index contributed by atoms with van der Waals surface area (Å²) in [6.45, 7) is 3.76. The van der Waals surface area contributed by atoms with Crippen molar-refractivity contribution in [2.45, 2.75) is 38.1 Å². The summed E-state index contributed by atoms with van der Waals surface area (Å²) >= 11 is 0. The maximum Gasteiger partial charge on any atom is 0.350 e. The highest BCUT2D eigenvalue weighted by Gasteiger charge is 2.52. The first-order chi connectivity index (χ1) is 8.10. The van der Waals surface area contributed by atoms with E-state index in [1.54, 1.807) is 0 Å². The molecule has 3 aliphatic heterocycles. The number of hydrogen-bond acceptors (Lipinski definition) is 3. The lowest BCUT2D eigenvalue weighted by Crippen LogP contribution is -3.29. The zero-order chi connectivity index (χ0) is 12.0. The number of hydrogen-bond donors (Lipinski definition) is 3. The van der Waals surface area contributed by atoms with Gasteiger partial charge in [0, 0.05) is 26.1 Å². The monoisotopic (exact) mass is 239 g/mol. The third-order valence-electron chi connectivity index (χ3n) is 5.06. The van der Waals surface area contributed by atoms with Crippen LogP contribution in [-0.4, -0.2) is 60.5 Å². The summed E-state index contributed by atoms with van der Waals surface area (Å²) in [5.74, 6) is 0.328. The van der Waals surface area contributed by atoms with Crippen LogP contribution < -0.4 is 10.1 Å². The minimum atomic E-state index is -1.50. The average molecular weight is 239 g/mol. The fraction of sp³-hybridized carbons (Fsp3) is 0.909. The summed E-state index contributed by atoms with van der Waals surface area (Å²) in [6, 6.07) is 0.414. The number of nitrogens with zero attached hydrogens (tertiary/aromatic N) is 1. The molecule has 0 spiro atoms. The van der Waals surface area contributed by atoms with Crippen LogP contribution in [0.1, 0.15) is 19.3 Å². The SMILES string of the molecule is C[B-]1(O)[C@@H]2CCCN2C(=O)C[NH+]1[C@@H]1CCNC1. The molecule has 3 saturated heterocycles. The Kier molecular flexibility index (Phi) is 2.68. The Bertz CT molecular complexity index is 331. The Morgan fingerprint density at radius 3 is 3.06 bits per heavy atom. The van der Waals surface area contributed by atoms with E-state index < -0.39 is 6.48 Å². The minimum absolute atomic E-state index is 0.0897.